The van der Waals surface area contributed by atoms with Crippen molar-refractivity contribution in [3.05, 3.63) is 42.1 Å². The topological polar surface area (TPSA) is 25.0 Å². The van der Waals surface area contributed by atoms with E-state index in [1.165, 1.54) is 11.1 Å². The van der Waals surface area contributed by atoms with Gasteiger partial charge in [-0.1, -0.05) is 38.1 Å². The standard InChI is InChI=1S/C14H17NO/c1-10(2)12-6-4-5-7-13(12)14-8-11(16-3)9-15-14/h4-10,15H,1-3H3. The molecule has 1 aromatic heterocycles. The SMILES string of the molecule is COc1c[nH]c(-c2ccccc2C(C)C)c1. The molecule has 0 aliphatic heterocycles. The number of nitrogens with one attached hydrogen (secondary N) is 1. The summed E-state index contributed by atoms with van der Waals surface area (Å²) in [6.45, 7) is 4.41. The first-order chi connectivity index (χ1) is 7.72. The van der Waals surface area contributed by atoms with Gasteiger partial charge in [-0.05, 0) is 11.5 Å². The molecular formula is C14H17NO. The van der Waals surface area contributed by atoms with Crippen molar-refractivity contribution < 1.29 is 4.74 Å². The summed E-state index contributed by atoms with van der Waals surface area (Å²) in [5.74, 6) is 1.39. The van der Waals surface area contributed by atoms with E-state index in [1.807, 2.05) is 12.3 Å². The van der Waals surface area contributed by atoms with E-state index in [4.69, 9.17) is 4.74 Å². The maximum absolute atomic E-state index is 5.19. The predicted molar refractivity (Wildman–Crippen MR) is 66.9 cm³/mol. The van der Waals surface area contributed by atoms with Crippen molar-refractivity contribution in [1.82, 2.24) is 4.98 Å². The fourth-order valence-electron chi connectivity index (χ4n) is 1.89. The first kappa shape index (κ1) is 10.8. The van der Waals surface area contributed by atoms with E-state index in [1.54, 1.807) is 7.11 Å². The molecule has 2 rings (SSSR count). The van der Waals surface area contributed by atoms with Crippen LogP contribution in [-0.2, 0) is 0 Å². The summed E-state index contributed by atoms with van der Waals surface area (Å²) < 4.78 is 5.19. The average molecular weight is 215 g/mol. The van der Waals surface area contributed by atoms with Crippen LogP contribution in [0.25, 0.3) is 11.3 Å². The molecule has 0 saturated heterocycles. The van der Waals surface area contributed by atoms with E-state index in [-0.39, 0.29) is 0 Å². The molecule has 0 spiro atoms. The molecule has 2 aromatic rings. The van der Waals surface area contributed by atoms with Crippen LogP contribution in [0.1, 0.15) is 25.3 Å². The second-order valence-corrected chi connectivity index (χ2v) is 4.20. The van der Waals surface area contributed by atoms with Crippen LogP contribution in [0.2, 0.25) is 0 Å². The van der Waals surface area contributed by atoms with Crippen LogP contribution >= 0.6 is 0 Å². The monoisotopic (exact) mass is 215 g/mol. The molecule has 0 aliphatic carbocycles. The summed E-state index contributed by atoms with van der Waals surface area (Å²) in [6, 6.07) is 10.5. The second-order valence-electron chi connectivity index (χ2n) is 4.20. The molecule has 2 nitrogen and oxygen atoms in total. The normalized spacial score (nSPS) is 10.8. The minimum atomic E-state index is 0.519. The molecule has 1 heterocycles. The molecule has 0 aliphatic rings. The second kappa shape index (κ2) is 4.44. The highest BCUT2D eigenvalue weighted by atomic mass is 16.5. The van der Waals surface area contributed by atoms with Gasteiger partial charge in [0.2, 0.25) is 0 Å². The Morgan fingerprint density at radius 2 is 1.94 bits per heavy atom. The van der Waals surface area contributed by atoms with Gasteiger partial charge < -0.3 is 9.72 Å². The van der Waals surface area contributed by atoms with Crippen molar-refractivity contribution in [3.8, 4) is 17.0 Å². The number of benzene rings is 1. The van der Waals surface area contributed by atoms with Crippen LogP contribution in [0.5, 0.6) is 5.75 Å². The van der Waals surface area contributed by atoms with E-state index in [0.29, 0.717) is 5.92 Å². The zero-order valence-corrected chi connectivity index (χ0v) is 9.95. The van der Waals surface area contributed by atoms with Crippen LogP contribution in [0.3, 0.4) is 0 Å². The number of methoxy groups -OCH3 is 1. The first-order valence-corrected chi connectivity index (χ1v) is 5.54. The summed E-state index contributed by atoms with van der Waals surface area (Å²) in [7, 11) is 1.68. The molecule has 1 aromatic carbocycles. The molecule has 2 heteroatoms. The molecule has 0 bridgehead atoms. The average Bonchev–Trinajstić information content (AvgIpc) is 2.77. The zero-order chi connectivity index (χ0) is 11.5. The van der Waals surface area contributed by atoms with Gasteiger partial charge >= 0.3 is 0 Å². The van der Waals surface area contributed by atoms with Crippen molar-refractivity contribution >= 4 is 0 Å². The van der Waals surface area contributed by atoms with Gasteiger partial charge in [0.05, 0.1) is 7.11 Å². The molecular weight excluding hydrogens is 198 g/mol. The summed E-state index contributed by atoms with van der Waals surface area (Å²) in [4.78, 5) is 3.24. The quantitative estimate of drug-likeness (QED) is 0.827. The highest BCUT2D eigenvalue weighted by Crippen LogP contribution is 2.30. The number of ether oxygens (including phenoxy) is 1. The molecule has 1 N–H and O–H groups in total. The van der Waals surface area contributed by atoms with E-state index in [2.05, 4.69) is 43.1 Å². The van der Waals surface area contributed by atoms with Gasteiger partial charge in [0.25, 0.3) is 0 Å². The van der Waals surface area contributed by atoms with Crippen molar-refractivity contribution in [2.75, 3.05) is 7.11 Å². The molecule has 0 radical (unpaired) electrons. The van der Waals surface area contributed by atoms with Gasteiger partial charge in [-0.25, -0.2) is 0 Å². The third kappa shape index (κ3) is 1.96. The van der Waals surface area contributed by atoms with Crippen molar-refractivity contribution in [2.45, 2.75) is 19.8 Å². The maximum atomic E-state index is 5.19. The Kier molecular flexibility index (Phi) is 3.00. The number of rotatable bonds is 3. The lowest BCUT2D eigenvalue weighted by Gasteiger charge is -2.10. The third-order valence-corrected chi connectivity index (χ3v) is 2.77. The summed E-state index contributed by atoms with van der Waals surface area (Å²) >= 11 is 0. The molecule has 0 fully saturated rings. The fourth-order valence-corrected chi connectivity index (χ4v) is 1.89. The predicted octanol–water partition coefficient (Wildman–Crippen LogP) is 3.81. The van der Waals surface area contributed by atoms with Gasteiger partial charge in [-0.2, -0.15) is 0 Å². The Morgan fingerprint density at radius 1 is 1.19 bits per heavy atom. The van der Waals surface area contributed by atoms with Crippen LogP contribution in [-0.4, -0.2) is 12.1 Å². The van der Waals surface area contributed by atoms with E-state index >= 15 is 0 Å². The minimum absolute atomic E-state index is 0.519. The van der Waals surface area contributed by atoms with Crippen molar-refractivity contribution in [2.24, 2.45) is 0 Å². The van der Waals surface area contributed by atoms with Gasteiger partial charge in [0, 0.05) is 23.5 Å². The number of aromatic nitrogens is 1. The highest BCUT2D eigenvalue weighted by molar-refractivity contribution is 5.66. The van der Waals surface area contributed by atoms with E-state index < -0.39 is 0 Å². The van der Waals surface area contributed by atoms with Gasteiger partial charge in [-0.3, -0.25) is 0 Å². The van der Waals surface area contributed by atoms with Gasteiger partial charge in [0.15, 0.2) is 0 Å². The van der Waals surface area contributed by atoms with E-state index in [0.717, 1.165) is 11.4 Å². The lowest BCUT2D eigenvalue weighted by atomic mass is 9.95. The molecule has 0 atom stereocenters. The first-order valence-electron chi connectivity index (χ1n) is 5.54. The summed E-state index contributed by atoms with van der Waals surface area (Å²) in [5, 5.41) is 0. The Bertz CT molecular complexity index is 471. The highest BCUT2D eigenvalue weighted by Gasteiger charge is 2.09. The van der Waals surface area contributed by atoms with Gasteiger partial charge in [-0.15, -0.1) is 0 Å². The van der Waals surface area contributed by atoms with E-state index in [9.17, 15) is 0 Å². The van der Waals surface area contributed by atoms with Gasteiger partial charge in [0.1, 0.15) is 5.75 Å². The smallest absolute Gasteiger partial charge is 0.136 e. The van der Waals surface area contributed by atoms with Crippen LogP contribution in [0.15, 0.2) is 36.5 Å². The molecule has 16 heavy (non-hydrogen) atoms. The summed E-state index contributed by atoms with van der Waals surface area (Å²) in [5.41, 5.74) is 3.72. The van der Waals surface area contributed by atoms with Crippen LogP contribution in [0, 0.1) is 0 Å². The minimum Gasteiger partial charge on any atom is -0.495 e. The Morgan fingerprint density at radius 3 is 2.56 bits per heavy atom. The summed E-state index contributed by atoms with van der Waals surface area (Å²) in [6.07, 6.45) is 1.88. The third-order valence-electron chi connectivity index (χ3n) is 2.77. The molecule has 0 unspecified atom stereocenters. The Hall–Kier alpha value is -1.70. The molecule has 84 valence electrons. The van der Waals surface area contributed by atoms with Crippen LogP contribution in [0.4, 0.5) is 0 Å². The number of aromatic amines is 1. The zero-order valence-electron chi connectivity index (χ0n) is 9.95. The lowest BCUT2D eigenvalue weighted by Crippen LogP contribution is -1.91. The van der Waals surface area contributed by atoms with Crippen LogP contribution < -0.4 is 4.74 Å². The maximum Gasteiger partial charge on any atom is 0.136 e. The lowest BCUT2D eigenvalue weighted by molar-refractivity contribution is 0.415. The largest absolute Gasteiger partial charge is 0.495 e. The fraction of sp³-hybridized carbons (Fsp3) is 0.286. The Labute approximate surface area is 96.3 Å². The number of hydrogen-bond acceptors (Lipinski definition) is 1. The van der Waals surface area contributed by atoms with Crippen molar-refractivity contribution in [1.29, 1.82) is 0 Å². The number of hydrogen-bond donors (Lipinski definition) is 1. The Balaban J connectivity index is 2.46. The molecule has 0 amide bonds. The molecule has 0 saturated carbocycles. The number of H-pyrrole nitrogens is 1. The van der Waals surface area contributed by atoms with Crippen molar-refractivity contribution in [3.63, 3.8) is 0 Å².